The van der Waals surface area contributed by atoms with Crippen molar-refractivity contribution in [2.45, 2.75) is 18.4 Å². The van der Waals surface area contributed by atoms with Gasteiger partial charge in [-0.2, -0.15) is 4.31 Å². The molecule has 1 aliphatic rings. The topological polar surface area (TPSA) is 81.0 Å². The smallest absolute Gasteiger partial charge is 0.244 e. The van der Waals surface area contributed by atoms with Crippen LogP contribution in [0.3, 0.4) is 0 Å². The van der Waals surface area contributed by atoms with E-state index < -0.39 is 10.0 Å². The molecule has 7 nitrogen and oxygen atoms in total. The van der Waals surface area contributed by atoms with Gasteiger partial charge < -0.3 is 4.57 Å². The van der Waals surface area contributed by atoms with E-state index in [2.05, 4.69) is 19.5 Å². The molecule has 3 aromatic rings. The van der Waals surface area contributed by atoms with E-state index in [-0.39, 0.29) is 10.8 Å². The van der Waals surface area contributed by atoms with Crippen molar-refractivity contribution in [3.63, 3.8) is 0 Å². The number of imidazole rings is 1. The molecule has 1 aliphatic heterocycles. The molecule has 4 rings (SSSR count). The molecule has 3 aromatic heterocycles. The second-order valence-electron chi connectivity index (χ2n) is 6.45. The first-order chi connectivity index (χ1) is 12.6. The maximum atomic E-state index is 12.6. The van der Waals surface area contributed by atoms with Crippen LogP contribution in [0.2, 0.25) is 0 Å². The zero-order valence-electron chi connectivity index (χ0n) is 14.4. The summed E-state index contributed by atoms with van der Waals surface area (Å²) >= 11 is 0. The van der Waals surface area contributed by atoms with E-state index >= 15 is 0 Å². The molecular formula is C18H19N5O2S. The Labute approximate surface area is 152 Å². The maximum absolute atomic E-state index is 12.6. The molecule has 26 heavy (non-hydrogen) atoms. The Morgan fingerprint density at radius 1 is 1.08 bits per heavy atom. The highest BCUT2D eigenvalue weighted by Gasteiger charge is 2.37. The van der Waals surface area contributed by atoms with Gasteiger partial charge in [0.1, 0.15) is 10.7 Å². The highest BCUT2D eigenvalue weighted by molar-refractivity contribution is 7.89. The molecule has 4 heterocycles. The molecule has 0 amide bonds. The normalized spacial score (nSPS) is 15.7. The number of hydrogen-bond acceptors (Lipinski definition) is 5. The predicted octanol–water partition coefficient (Wildman–Crippen LogP) is 1.97. The average molecular weight is 369 g/mol. The Morgan fingerprint density at radius 3 is 2.46 bits per heavy atom. The van der Waals surface area contributed by atoms with Crippen LogP contribution in [0.15, 0.2) is 60.1 Å². The summed E-state index contributed by atoms with van der Waals surface area (Å²) < 4.78 is 28.8. The van der Waals surface area contributed by atoms with E-state index in [0.717, 1.165) is 23.6 Å². The van der Waals surface area contributed by atoms with Crippen molar-refractivity contribution in [2.24, 2.45) is 5.92 Å². The molecule has 0 aromatic carbocycles. The number of aromatic nitrogens is 4. The van der Waals surface area contributed by atoms with Crippen molar-refractivity contribution in [2.75, 3.05) is 13.1 Å². The van der Waals surface area contributed by atoms with Crippen LogP contribution in [-0.2, 0) is 16.6 Å². The Hall–Kier alpha value is -2.58. The number of sulfonamides is 1. The van der Waals surface area contributed by atoms with Crippen molar-refractivity contribution >= 4 is 10.0 Å². The zero-order valence-corrected chi connectivity index (χ0v) is 15.2. The van der Waals surface area contributed by atoms with Crippen LogP contribution in [0.1, 0.15) is 5.69 Å². The van der Waals surface area contributed by atoms with Crippen molar-refractivity contribution in [3.05, 3.63) is 60.9 Å². The van der Waals surface area contributed by atoms with Gasteiger partial charge in [-0.15, -0.1) is 0 Å². The lowest BCUT2D eigenvalue weighted by Crippen LogP contribution is -2.51. The van der Waals surface area contributed by atoms with Crippen LogP contribution in [0, 0.1) is 12.8 Å². The van der Waals surface area contributed by atoms with E-state index in [1.54, 1.807) is 30.7 Å². The predicted molar refractivity (Wildman–Crippen MR) is 96.7 cm³/mol. The molecule has 0 saturated carbocycles. The fourth-order valence-corrected chi connectivity index (χ4v) is 4.71. The van der Waals surface area contributed by atoms with Crippen LogP contribution in [0.4, 0.5) is 0 Å². The summed E-state index contributed by atoms with van der Waals surface area (Å²) in [5.74, 6) is 1.12. The maximum Gasteiger partial charge on any atom is 0.244 e. The minimum absolute atomic E-state index is 0.244. The summed E-state index contributed by atoms with van der Waals surface area (Å²) in [7, 11) is -3.45. The Morgan fingerprint density at radius 2 is 1.81 bits per heavy atom. The molecule has 0 radical (unpaired) electrons. The highest BCUT2D eigenvalue weighted by atomic mass is 32.2. The summed E-state index contributed by atoms with van der Waals surface area (Å²) in [5.41, 5.74) is 2.01. The largest absolute Gasteiger partial charge is 0.328 e. The molecule has 0 bridgehead atoms. The van der Waals surface area contributed by atoms with E-state index in [9.17, 15) is 8.42 Å². The van der Waals surface area contributed by atoms with Gasteiger partial charge in [-0.3, -0.25) is 9.97 Å². The fourth-order valence-electron chi connectivity index (χ4n) is 3.16. The number of aryl methyl sites for hydroxylation is 1. The molecule has 0 spiro atoms. The second kappa shape index (κ2) is 6.62. The van der Waals surface area contributed by atoms with E-state index in [1.165, 1.54) is 10.5 Å². The van der Waals surface area contributed by atoms with Gasteiger partial charge in [-0.25, -0.2) is 13.4 Å². The fraction of sp³-hybridized carbons (Fsp3) is 0.278. The molecule has 8 heteroatoms. The minimum atomic E-state index is -3.45. The lowest BCUT2D eigenvalue weighted by atomic mass is 10.0. The number of pyridine rings is 2. The van der Waals surface area contributed by atoms with Gasteiger partial charge in [0.05, 0.1) is 0 Å². The molecule has 0 atom stereocenters. The van der Waals surface area contributed by atoms with Crippen LogP contribution in [-0.4, -0.2) is 45.3 Å². The Kier molecular flexibility index (Phi) is 4.29. The first-order valence-corrected chi connectivity index (χ1v) is 9.82. The molecule has 0 unspecified atom stereocenters. The third kappa shape index (κ3) is 3.02. The number of nitrogens with zero attached hydrogens (tertiary/aromatic N) is 5. The molecule has 0 N–H and O–H groups in total. The first kappa shape index (κ1) is 16.9. The van der Waals surface area contributed by atoms with Crippen LogP contribution < -0.4 is 0 Å². The average Bonchev–Trinajstić information content (AvgIpc) is 2.99. The summed E-state index contributed by atoms with van der Waals surface area (Å²) in [4.78, 5) is 12.8. The Balaban J connectivity index is 1.48. The quantitative estimate of drug-likeness (QED) is 0.687. The molecule has 0 aliphatic carbocycles. The molecule has 134 valence electrons. The highest BCUT2D eigenvalue weighted by Crippen LogP contribution is 2.28. The van der Waals surface area contributed by atoms with Crippen molar-refractivity contribution in [3.8, 4) is 11.4 Å². The number of hydrogen-bond donors (Lipinski definition) is 0. The molecular weight excluding hydrogens is 350 g/mol. The van der Waals surface area contributed by atoms with Gasteiger partial charge in [0.25, 0.3) is 0 Å². The van der Waals surface area contributed by atoms with Gasteiger partial charge in [-0.1, -0.05) is 0 Å². The monoisotopic (exact) mass is 369 g/mol. The third-order valence-electron chi connectivity index (χ3n) is 4.61. The number of rotatable bonds is 5. The SMILES string of the molecule is Cc1cnc(-c2cccnc2)n1CC1CN(S(=O)(=O)c2cccnc2)C1. The van der Waals surface area contributed by atoms with E-state index in [0.29, 0.717) is 13.1 Å². The lowest BCUT2D eigenvalue weighted by Gasteiger charge is -2.38. The minimum Gasteiger partial charge on any atom is -0.328 e. The van der Waals surface area contributed by atoms with Gasteiger partial charge >= 0.3 is 0 Å². The van der Waals surface area contributed by atoms with Crippen LogP contribution >= 0.6 is 0 Å². The first-order valence-electron chi connectivity index (χ1n) is 8.38. The van der Waals surface area contributed by atoms with Crippen molar-refractivity contribution < 1.29 is 8.42 Å². The lowest BCUT2D eigenvalue weighted by molar-refractivity contribution is 0.179. The van der Waals surface area contributed by atoms with Crippen molar-refractivity contribution in [1.29, 1.82) is 0 Å². The van der Waals surface area contributed by atoms with E-state index in [1.807, 2.05) is 25.3 Å². The van der Waals surface area contributed by atoms with Gasteiger partial charge in [0, 0.05) is 67.8 Å². The summed E-state index contributed by atoms with van der Waals surface area (Å²) in [5, 5.41) is 0. The van der Waals surface area contributed by atoms with Crippen molar-refractivity contribution in [1.82, 2.24) is 23.8 Å². The van der Waals surface area contributed by atoms with Crippen LogP contribution in [0.25, 0.3) is 11.4 Å². The summed E-state index contributed by atoms with van der Waals surface area (Å²) in [6, 6.07) is 7.08. The second-order valence-corrected chi connectivity index (χ2v) is 8.39. The van der Waals surface area contributed by atoms with E-state index in [4.69, 9.17) is 0 Å². The zero-order chi connectivity index (χ0) is 18.1. The molecule has 1 saturated heterocycles. The summed E-state index contributed by atoms with van der Waals surface area (Å²) in [6.45, 7) is 3.74. The standard InChI is InChI=1S/C18H19N5O2S/c1-14-8-21-18(16-4-2-6-19-9-16)23(14)13-15-11-22(12-15)26(24,25)17-5-3-7-20-10-17/h2-10,15H,11-13H2,1H3. The summed E-state index contributed by atoms with van der Waals surface area (Å²) in [6.07, 6.45) is 8.32. The van der Waals surface area contributed by atoms with Gasteiger partial charge in [0.15, 0.2) is 0 Å². The Bertz CT molecular complexity index is 997. The van der Waals surface area contributed by atoms with Crippen LogP contribution in [0.5, 0.6) is 0 Å². The van der Waals surface area contributed by atoms with Gasteiger partial charge in [-0.05, 0) is 31.2 Å². The third-order valence-corrected chi connectivity index (χ3v) is 6.43. The van der Waals surface area contributed by atoms with Gasteiger partial charge in [0.2, 0.25) is 10.0 Å². The molecule has 1 fully saturated rings.